The van der Waals surface area contributed by atoms with Crippen LogP contribution in [0.4, 0.5) is 4.39 Å². The van der Waals surface area contributed by atoms with Gasteiger partial charge in [0.2, 0.25) is 0 Å². The molecule has 1 atom stereocenters. The first-order valence-corrected chi connectivity index (χ1v) is 6.21. The van der Waals surface area contributed by atoms with Gasteiger partial charge in [-0.2, -0.15) is 11.8 Å². The normalized spacial score (nSPS) is 12.5. The van der Waals surface area contributed by atoms with E-state index in [0.29, 0.717) is 12.4 Å². The van der Waals surface area contributed by atoms with E-state index in [1.807, 2.05) is 13.2 Å². The Labute approximate surface area is 94.0 Å². The van der Waals surface area contributed by atoms with Crippen LogP contribution in [0.1, 0.15) is 18.5 Å². The lowest BCUT2D eigenvalue weighted by atomic mass is 10.1. The minimum absolute atomic E-state index is 0.218. The Bertz CT molecular complexity index is 317. The molecule has 0 spiro atoms. The molecule has 0 aromatic heterocycles. The van der Waals surface area contributed by atoms with E-state index in [9.17, 15) is 4.39 Å². The molecule has 2 N–H and O–H groups in total. The fourth-order valence-electron chi connectivity index (χ4n) is 1.24. The van der Waals surface area contributed by atoms with Gasteiger partial charge in [-0.3, -0.25) is 0 Å². The van der Waals surface area contributed by atoms with E-state index in [1.54, 1.807) is 17.8 Å². The summed E-state index contributed by atoms with van der Waals surface area (Å²) in [6.07, 6.45) is 2.01. The van der Waals surface area contributed by atoms with E-state index < -0.39 is 0 Å². The van der Waals surface area contributed by atoms with Crippen LogP contribution >= 0.6 is 11.8 Å². The number of rotatable bonds is 5. The number of ether oxygens (including phenoxy) is 1. The van der Waals surface area contributed by atoms with Gasteiger partial charge in [-0.1, -0.05) is 0 Å². The predicted octanol–water partition coefficient (Wildman–Crippen LogP) is 2.59. The largest absolute Gasteiger partial charge is 0.492 e. The van der Waals surface area contributed by atoms with Crippen molar-refractivity contribution >= 4 is 11.8 Å². The summed E-state index contributed by atoms with van der Waals surface area (Å²) in [5.41, 5.74) is 6.45. The molecule has 0 bridgehead atoms. The van der Waals surface area contributed by atoms with Gasteiger partial charge in [-0.15, -0.1) is 0 Å². The lowest BCUT2D eigenvalue weighted by Crippen LogP contribution is -2.09. The number of thioether (sulfide) groups is 1. The van der Waals surface area contributed by atoms with Gasteiger partial charge >= 0.3 is 0 Å². The molecule has 84 valence electrons. The summed E-state index contributed by atoms with van der Waals surface area (Å²) in [5, 5.41) is 0. The Hall–Kier alpha value is -0.740. The Morgan fingerprint density at radius 3 is 2.87 bits per heavy atom. The highest BCUT2D eigenvalue weighted by molar-refractivity contribution is 7.98. The van der Waals surface area contributed by atoms with Crippen molar-refractivity contribution in [1.82, 2.24) is 0 Å². The van der Waals surface area contributed by atoms with Gasteiger partial charge in [0.1, 0.15) is 11.6 Å². The third-order valence-electron chi connectivity index (χ3n) is 2.01. The lowest BCUT2D eigenvalue weighted by molar-refractivity contribution is 0.337. The fraction of sp³-hybridized carbons (Fsp3) is 0.455. The SMILES string of the molecule is CSCCOc1ccc(F)cc1C(C)N. The quantitative estimate of drug-likeness (QED) is 0.788. The molecule has 1 rings (SSSR count). The Kier molecular flexibility index (Phi) is 4.91. The summed E-state index contributed by atoms with van der Waals surface area (Å²) in [5.74, 6) is 1.32. The molecule has 1 aromatic carbocycles. The van der Waals surface area contributed by atoms with Crippen molar-refractivity contribution in [1.29, 1.82) is 0 Å². The summed E-state index contributed by atoms with van der Waals surface area (Å²) in [6.45, 7) is 2.43. The van der Waals surface area contributed by atoms with E-state index >= 15 is 0 Å². The lowest BCUT2D eigenvalue weighted by Gasteiger charge is -2.13. The summed E-state index contributed by atoms with van der Waals surface area (Å²) in [6, 6.07) is 4.23. The minimum atomic E-state index is -0.278. The molecule has 2 nitrogen and oxygen atoms in total. The zero-order chi connectivity index (χ0) is 11.3. The van der Waals surface area contributed by atoms with Gasteiger partial charge < -0.3 is 10.5 Å². The highest BCUT2D eigenvalue weighted by atomic mass is 32.2. The van der Waals surface area contributed by atoms with Crippen molar-refractivity contribution in [2.45, 2.75) is 13.0 Å². The average molecular weight is 229 g/mol. The number of hydrogen-bond donors (Lipinski definition) is 1. The van der Waals surface area contributed by atoms with Crippen molar-refractivity contribution in [3.63, 3.8) is 0 Å². The van der Waals surface area contributed by atoms with Crippen LogP contribution in [0, 0.1) is 5.82 Å². The molecule has 15 heavy (non-hydrogen) atoms. The number of nitrogens with two attached hydrogens (primary N) is 1. The van der Waals surface area contributed by atoms with Crippen molar-refractivity contribution in [3.05, 3.63) is 29.6 Å². The molecule has 0 saturated carbocycles. The van der Waals surface area contributed by atoms with E-state index in [0.717, 1.165) is 11.3 Å². The van der Waals surface area contributed by atoms with Crippen LogP contribution in [-0.2, 0) is 0 Å². The number of hydrogen-bond acceptors (Lipinski definition) is 3. The van der Waals surface area contributed by atoms with Gasteiger partial charge in [0.25, 0.3) is 0 Å². The smallest absolute Gasteiger partial charge is 0.124 e. The molecule has 0 saturated heterocycles. The first-order chi connectivity index (χ1) is 7.15. The van der Waals surface area contributed by atoms with Crippen LogP contribution in [0.15, 0.2) is 18.2 Å². The van der Waals surface area contributed by atoms with Gasteiger partial charge in [-0.25, -0.2) is 4.39 Å². The van der Waals surface area contributed by atoms with Crippen LogP contribution in [0.2, 0.25) is 0 Å². The molecular weight excluding hydrogens is 213 g/mol. The molecular formula is C11H16FNOS. The molecule has 1 unspecified atom stereocenters. The summed E-state index contributed by atoms with van der Waals surface area (Å²) in [7, 11) is 0. The minimum Gasteiger partial charge on any atom is -0.492 e. The average Bonchev–Trinajstić information content (AvgIpc) is 2.20. The molecule has 1 aromatic rings. The maximum atomic E-state index is 13.0. The first-order valence-electron chi connectivity index (χ1n) is 4.82. The van der Waals surface area contributed by atoms with Gasteiger partial charge in [0.05, 0.1) is 6.61 Å². The van der Waals surface area contributed by atoms with Crippen molar-refractivity contribution in [3.8, 4) is 5.75 Å². The molecule has 4 heteroatoms. The second kappa shape index (κ2) is 5.98. The number of benzene rings is 1. The van der Waals surface area contributed by atoms with Crippen molar-refractivity contribution in [2.24, 2.45) is 5.73 Å². The van der Waals surface area contributed by atoms with Crippen LogP contribution in [0.3, 0.4) is 0 Å². The molecule has 0 aliphatic heterocycles. The highest BCUT2D eigenvalue weighted by Crippen LogP contribution is 2.24. The monoisotopic (exact) mass is 229 g/mol. The molecule has 0 aliphatic rings. The molecule has 0 fully saturated rings. The number of halogens is 1. The van der Waals surface area contributed by atoms with Crippen molar-refractivity contribution in [2.75, 3.05) is 18.6 Å². The maximum absolute atomic E-state index is 13.0. The van der Waals surface area contributed by atoms with Crippen LogP contribution < -0.4 is 10.5 Å². The molecule has 0 heterocycles. The molecule has 0 radical (unpaired) electrons. The Balaban J connectivity index is 2.77. The Morgan fingerprint density at radius 1 is 1.53 bits per heavy atom. The van der Waals surface area contributed by atoms with Gasteiger partial charge in [-0.05, 0) is 31.4 Å². The summed E-state index contributed by atoms with van der Waals surface area (Å²) >= 11 is 1.71. The predicted molar refractivity (Wildman–Crippen MR) is 62.9 cm³/mol. The standard InChI is InChI=1S/C11H16FNOS/c1-8(13)10-7-9(12)3-4-11(10)14-5-6-15-2/h3-4,7-8H,5-6,13H2,1-2H3. The third kappa shape index (κ3) is 3.72. The fourth-order valence-corrected chi connectivity index (χ4v) is 1.49. The first kappa shape index (κ1) is 12.3. The van der Waals surface area contributed by atoms with Crippen LogP contribution in [0.25, 0.3) is 0 Å². The highest BCUT2D eigenvalue weighted by Gasteiger charge is 2.09. The van der Waals surface area contributed by atoms with E-state index in [-0.39, 0.29) is 11.9 Å². The zero-order valence-corrected chi connectivity index (χ0v) is 9.81. The summed E-state index contributed by atoms with van der Waals surface area (Å²) < 4.78 is 18.5. The second-order valence-corrected chi connectivity index (χ2v) is 4.30. The second-order valence-electron chi connectivity index (χ2n) is 3.31. The van der Waals surface area contributed by atoms with Gasteiger partial charge in [0, 0.05) is 17.4 Å². The van der Waals surface area contributed by atoms with Crippen LogP contribution in [-0.4, -0.2) is 18.6 Å². The topological polar surface area (TPSA) is 35.2 Å². The third-order valence-corrected chi connectivity index (χ3v) is 2.58. The van der Waals surface area contributed by atoms with E-state index in [4.69, 9.17) is 10.5 Å². The van der Waals surface area contributed by atoms with Crippen LogP contribution in [0.5, 0.6) is 5.75 Å². The zero-order valence-electron chi connectivity index (χ0n) is 9.00. The van der Waals surface area contributed by atoms with Crippen molar-refractivity contribution < 1.29 is 9.13 Å². The summed E-state index contributed by atoms with van der Waals surface area (Å²) in [4.78, 5) is 0. The molecule has 0 amide bonds. The van der Waals surface area contributed by atoms with Gasteiger partial charge in [0.15, 0.2) is 0 Å². The Morgan fingerprint density at radius 2 is 2.27 bits per heavy atom. The van der Waals surface area contributed by atoms with E-state index in [2.05, 4.69) is 0 Å². The molecule has 0 aliphatic carbocycles. The maximum Gasteiger partial charge on any atom is 0.124 e. The van der Waals surface area contributed by atoms with E-state index in [1.165, 1.54) is 12.1 Å².